The van der Waals surface area contributed by atoms with Gasteiger partial charge >= 0.3 is 5.97 Å². The molecule has 1 unspecified atom stereocenters. The fourth-order valence-electron chi connectivity index (χ4n) is 2.55. The van der Waals surface area contributed by atoms with Crippen molar-refractivity contribution in [2.75, 3.05) is 13.7 Å². The lowest BCUT2D eigenvalue weighted by atomic mass is 10.0. The third kappa shape index (κ3) is 3.14. The number of nitrogens with zero attached hydrogens (tertiary/aromatic N) is 2. The molecule has 0 radical (unpaired) electrons. The first-order valence-corrected chi connectivity index (χ1v) is 6.66. The fraction of sp³-hybridized carbons (Fsp3) is 0.467. The molecule has 0 N–H and O–H groups in total. The van der Waals surface area contributed by atoms with Crippen LogP contribution in [-0.4, -0.2) is 30.6 Å². The van der Waals surface area contributed by atoms with Crippen molar-refractivity contribution in [3.8, 4) is 6.07 Å². The summed E-state index contributed by atoms with van der Waals surface area (Å²) in [5.41, 5.74) is 0.800. The molecule has 5 heteroatoms. The Hall–Kier alpha value is -1.93. The lowest BCUT2D eigenvalue weighted by Gasteiger charge is -2.33. The van der Waals surface area contributed by atoms with Gasteiger partial charge in [0.25, 0.3) is 0 Å². The minimum absolute atomic E-state index is 0.265. The van der Waals surface area contributed by atoms with E-state index in [0.29, 0.717) is 17.7 Å². The first-order valence-electron chi connectivity index (χ1n) is 6.66. The Kier molecular flexibility index (Phi) is 4.70. The minimum Gasteiger partial charge on any atom is -0.468 e. The van der Waals surface area contributed by atoms with Crippen LogP contribution in [0.15, 0.2) is 18.2 Å². The van der Waals surface area contributed by atoms with Crippen LogP contribution in [0.2, 0.25) is 0 Å². The lowest BCUT2D eigenvalue weighted by Crippen LogP contribution is -2.44. The predicted octanol–water partition coefficient (Wildman–Crippen LogP) is 2.22. The van der Waals surface area contributed by atoms with Crippen LogP contribution in [0.4, 0.5) is 4.39 Å². The molecule has 0 aliphatic carbocycles. The van der Waals surface area contributed by atoms with Crippen LogP contribution in [0.3, 0.4) is 0 Å². The maximum atomic E-state index is 13.9. The standard InChI is InChI=1S/C15H17FN2O2/c1-20-15(19)14-4-2-3-7-18(14)10-12-6-5-11(9-17)8-13(12)16/h5-6,8,14H,2-4,7,10H2,1H3. The Labute approximate surface area is 117 Å². The van der Waals surface area contributed by atoms with Gasteiger partial charge in [0.15, 0.2) is 0 Å². The first-order chi connectivity index (χ1) is 9.65. The van der Waals surface area contributed by atoms with Crippen molar-refractivity contribution in [1.82, 2.24) is 4.90 Å². The molecule has 1 atom stereocenters. The summed E-state index contributed by atoms with van der Waals surface area (Å²) in [6.45, 7) is 1.11. The van der Waals surface area contributed by atoms with E-state index >= 15 is 0 Å². The zero-order valence-electron chi connectivity index (χ0n) is 11.4. The number of hydrogen-bond acceptors (Lipinski definition) is 4. The summed E-state index contributed by atoms with van der Waals surface area (Å²) in [4.78, 5) is 13.7. The van der Waals surface area contributed by atoms with E-state index in [9.17, 15) is 9.18 Å². The molecule has 106 valence electrons. The number of methoxy groups -OCH3 is 1. The maximum Gasteiger partial charge on any atom is 0.323 e. The smallest absolute Gasteiger partial charge is 0.323 e. The molecule has 0 aromatic heterocycles. The summed E-state index contributed by atoms with van der Waals surface area (Å²) < 4.78 is 18.7. The molecule has 1 aromatic rings. The van der Waals surface area contributed by atoms with E-state index in [2.05, 4.69) is 0 Å². The number of esters is 1. The van der Waals surface area contributed by atoms with Crippen molar-refractivity contribution < 1.29 is 13.9 Å². The first kappa shape index (κ1) is 14.5. The monoisotopic (exact) mass is 276 g/mol. The number of carbonyl (C=O) groups is 1. The second kappa shape index (κ2) is 6.49. The van der Waals surface area contributed by atoms with Gasteiger partial charge in [-0.2, -0.15) is 5.26 Å². The van der Waals surface area contributed by atoms with Gasteiger partial charge in [0.2, 0.25) is 0 Å². The molecular weight excluding hydrogens is 259 g/mol. The highest BCUT2D eigenvalue weighted by atomic mass is 19.1. The van der Waals surface area contributed by atoms with Crippen LogP contribution < -0.4 is 0 Å². The van der Waals surface area contributed by atoms with E-state index in [4.69, 9.17) is 10.00 Å². The molecular formula is C15H17FN2O2. The van der Waals surface area contributed by atoms with Gasteiger partial charge in [-0.1, -0.05) is 12.5 Å². The average molecular weight is 276 g/mol. The molecule has 1 heterocycles. The van der Waals surface area contributed by atoms with Crippen molar-refractivity contribution >= 4 is 5.97 Å². The highest BCUT2D eigenvalue weighted by Gasteiger charge is 2.29. The number of ether oxygens (including phenoxy) is 1. The number of carbonyl (C=O) groups excluding carboxylic acids is 1. The molecule has 2 rings (SSSR count). The number of likely N-dealkylation sites (tertiary alicyclic amines) is 1. The van der Waals surface area contributed by atoms with Crippen LogP contribution >= 0.6 is 0 Å². The Morgan fingerprint density at radius 2 is 2.35 bits per heavy atom. The molecule has 1 aromatic carbocycles. The summed E-state index contributed by atoms with van der Waals surface area (Å²) in [6.07, 6.45) is 2.71. The molecule has 0 amide bonds. The van der Waals surface area contributed by atoms with Gasteiger partial charge in [-0.05, 0) is 31.5 Å². The molecule has 0 saturated carbocycles. The normalized spacial score (nSPS) is 19.4. The zero-order valence-corrected chi connectivity index (χ0v) is 11.4. The maximum absolute atomic E-state index is 13.9. The molecule has 1 aliphatic heterocycles. The van der Waals surface area contributed by atoms with Crippen molar-refractivity contribution in [3.05, 3.63) is 35.1 Å². The van der Waals surface area contributed by atoms with Gasteiger partial charge in [0.1, 0.15) is 11.9 Å². The molecule has 0 bridgehead atoms. The highest BCUT2D eigenvalue weighted by molar-refractivity contribution is 5.75. The Bertz CT molecular complexity index is 539. The Morgan fingerprint density at radius 1 is 1.55 bits per heavy atom. The summed E-state index contributed by atoms with van der Waals surface area (Å²) in [7, 11) is 1.37. The quantitative estimate of drug-likeness (QED) is 0.794. The second-order valence-electron chi connectivity index (χ2n) is 4.92. The SMILES string of the molecule is COC(=O)C1CCCCN1Cc1ccc(C#N)cc1F. The zero-order chi connectivity index (χ0) is 14.5. The number of piperidine rings is 1. The third-order valence-corrected chi connectivity index (χ3v) is 3.64. The summed E-state index contributed by atoms with van der Waals surface area (Å²) in [6, 6.07) is 6.03. The summed E-state index contributed by atoms with van der Waals surface area (Å²) >= 11 is 0. The second-order valence-corrected chi connectivity index (χ2v) is 4.92. The van der Waals surface area contributed by atoms with Crippen LogP contribution in [-0.2, 0) is 16.1 Å². The lowest BCUT2D eigenvalue weighted by molar-refractivity contribution is -0.148. The number of halogens is 1. The number of rotatable bonds is 3. The minimum atomic E-state index is -0.404. The van der Waals surface area contributed by atoms with Crippen molar-refractivity contribution in [3.63, 3.8) is 0 Å². The van der Waals surface area contributed by atoms with Crippen LogP contribution in [0.5, 0.6) is 0 Å². The Balaban J connectivity index is 2.15. The van der Waals surface area contributed by atoms with Crippen molar-refractivity contribution in [1.29, 1.82) is 5.26 Å². The Morgan fingerprint density at radius 3 is 3.00 bits per heavy atom. The van der Waals surface area contributed by atoms with E-state index in [1.165, 1.54) is 13.2 Å². The third-order valence-electron chi connectivity index (χ3n) is 3.64. The predicted molar refractivity (Wildman–Crippen MR) is 71.2 cm³/mol. The van der Waals surface area contributed by atoms with Gasteiger partial charge in [0.05, 0.1) is 18.7 Å². The molecule has 20 heavy (non-hydrogen) atoms. The number of benzene rings is 1. The topological polar surface area (TPSA) is 53.3 Å². The van der Waals surface area contributed by atoms with Crippen molar-refractivity contribution in [2.24, 2.45) is 0 Å². The van der Waals surface area contributed by atoms with Crippen LogP contribution in [0, 0.1) is 17.1 Å². The van der Waals surface area contributed by atoms with E-state index in [1.54, 1.807) is 12.1 Å². The molecule has 1 fully saturated rings. The summed E-state index contributed by atoms with van der Waals surface area (Å²) in [5, 5.41) is 8.73. The van der Waals surface area contributed by atoms with E-state index in [0.717, 1.165) is 25.8 Å². The van der Waals surface area contributed by atoms with Gasteiger partial charge < -0.3 is 4.74 Å². The van der Waals surface area contributed by atoms with Crippen LogP contribution in [0.25, 0.3) is 0 Å². The molecule has 0 spiro atoms. The van der Waals surface area contributed by atoms with Crippen molar-refractivity contribution in [2.45, 2.75) is 31.8 Å². The van der Waals surface area contributed by atoms with Crippen LogP contribution in [0.1, 0.15) is 30.4 Å². The number of nitriles is 1. The summed E-state index contributed by atoms with van der Waals surface area (Å²) in [5.74, 6) is -0.669. The molecule has 4 nitrogen and oxygen atoms in total. The average Bonchev–Trinajstić information content (AvgIpc) is 2.49. The van der Waals surface area contributed by atoms with E-state index in [1.807, 2.05) is 11.0 Å². The number of hydrogen-bond donors (Lipinski definition) is 0. The van der Waals surface area contributed by atoms with Gasteiger partial charge in [0, 0.05) is 12.1 Å². The largest absolute Gasteiger partial charge is 0.468 e. The van der Waals surface area contributed by atoms with E-state index in [-0.39, 0.29) is 12.0 Å². The molecule has 1 saturated heterocycles. The van der Waals surface area contributed by atoms with Gasteiger partial charge in [-0.25, -0.2) is 4.39 Å². The van der Waals surface area contributed by atoms with Gasteiger partial charge in [-0.15, -0.1) is 0 Å². The fourth-order valence-corrected chi connectivity index (χ4v) is 2.55. The highest BCUT2D eigenvalue weighted by Crippen LogP contribution is 2.22. The van der Waals surface area contributed by atoms with E-state index < -0.39 is 5.82 Å². The van der Waals surface area contributed by atoms with Gasteiger partial charge in [-0.3, -0.25) is 9.69 Å². The molecule has 1 aliphatic rings.